The van der Waals surface area contributed by atoms with E-state index < -0.39 is 0 Å². The van der Waals surface area contributed by atoms with Gasteiger partial charge in [0.1, 0.15) is 5.52 Å². The standard InChI is InChI=1S/C16H13N5/c1-10-5-6-11-3-2-4-14(15(11)19-10)21-13-7-8-18-9-12(13)20-16(21)17/h2-9H,1H3,(H2,17,20). The summed E-state index contributed by atoms with van der Waals surface area (Å²) in [5.74, 6) is 0.439. The van der Waals surface area contributed by atoms with Crippen LogP contribution >= 0.6 is 0 Å². The number of nitrogens with zero attached hydrogens (tertiary/aromatic N) is 4. The second-order valence-corrected chi connectivity index (χ2v) is 4.97. The van der Waals surface area contributed by atoms with Gasteiger partial charge in [-0.15, -0.1) is 0 Å². The molecule has 0 fully saturated rings. The fourth-order valence-corrected chi connectivity index (χ4v) is 2.61. The summed E-state index contributed by atoms with van der Waals surface area (Å²) in [4.78, 5) is 13.1. The van der Waals surface area contributed by atoms with Crippen molar-refractivity contribution >= 4 is 27.9 Å². The lowest BCUT2D eigenvalue weighted by Gasteiger charge is -2.10. The first-order chi connectivity index (χ1) is 10.2. The summed E-state index contributed by atoms with van der Waals surface area (Å²) in [6.45, 7) is 1.98. The topological polar surface area (TPSA) is 69.6 Å². The number of hydrogen-bond donors (Lipinski definition) is 1. The van der Waals surface area contributed by atoms with Gasteiger partial charge >= 0.3 is 0 Å². The molecule has 0 atom stereocenters. The van der Waals surface area contributed by atoms with E-state index in [9.17, 15) is 0 Å². The molecular formula is C16H13N5. The lowest BCUT2D eigenvalue weighted by Crippen LogP contribution is -2.02. The number of hydrogen-bond acceptors (Lipinski definition) is 4. The molecule has 0 saturated heterocycles. The van der Waals surface area contributed by atoms with E-state index in [2.05, 4.69) is 21.0 Å². The summed E-state index contributed by atoms with van der Waals surface area (Å²) < 4.78 is 1.92. The van der Waals surface area contributed by atoms with Crippen LogP contribution < -0.4 is 5.73 Å². The van der Waals surface area contributed by atoms with Crippen LogP contribution in [0.2, 0.25) is 0 Å². The van der Waals surface area contributed by atoms with Crippen LogP contribution in [0.15, 0.2) is 48.8 Å². The van der Waals surface area contributed by atoms with E-state index in [4.69, 9.17) is 5.73 Å². The Kier molecular flexibility index (Phi) is 2.41. The molecule has 0 saturated carbocycles. The quantitative estimate of drug-likeness (QED) is 0.580. The van der Waals surface area contributed by atoms with Crippen LogP contribution in [0.4, 0.5) is 5.95 Å². The predicted molar refractivity (Wildman–Crippen MR) is 83.3 cm³/mol. The largest absolute Gasteiger partial charge is 0.369 e. The number of aryl methyl sites for hydroxylation is 1. The SMILES string of the molecule is Cc1ccc2cccc(-n3c(N)nc4cnccc43)c2n1. The maximum Gasteiger partial charge on any atom is 0.206 e. The monoisotopic (exact) mass is 275 g/mol. The first-order valence-corrected chi connectivity index (χ1v) is 6.69. The van der Waals surface area contributed by atoms with Crippen molar-refractivity contribution in [3.8, 4) is 5.69 Å². The van der Waals surface area contributed by atoms with Gasteiger partial charge in [0.15, 0.2) is 0 Å². The molecule has 0 amide bonds. The normalized spacial score (nSPS) is 11.3. The Morgan fingerprint density at radius 3 is 2.86 bits per heavy atom. The summed E-state index contributed by atoms with van der Waals surface area (Å²) in [5, 5.41) is 1.08. The highest BCUT2D eigenvalue weighted by atomic mass is 15.2. The number of nitrogen functional groups attached to an aromatic ring is 1. The van der Waals surface area contributed by atoms with Crippen LogP contribution in [0.5, 0.6) is 0 Å². The van der Waals surface area contributed by atoms with Crippen LogP contribution in [0.25, 0.3) is 27.6 Å². The van der Waals surface area contributed by atoms with Gasteiger partial charge in [0.05, 0.1) is 22.9 Å². The molecule has 4 rings (SSSR count). The van der Waals surface area contributed by atoms with Crippen LogP contribution in [0.3, 0.4) is 0 Å². The highest BCUT2D eigenvalue weighted by Crippen LogP contribution is 2.27. The molecule has 0 radical (unpaired) electrons. The van der Waals surface area contributed by atoms with Crippen molar-refractivity contribution in [2.24, 2.45) is 0 Å². The minimum atomic E-state index is 0.439. The number of para-hydroxylation sites is 1. The molecular weight excluding hydrogens is 262 g/mol. The van der Waals surface area contributed by atoms with Gasteiger partial charge in [0.2, 0.25) is 5.95 Å². The highest BCUT2D eigenvalue weighted by Gasteiger charge is 2.13. The number of pyridine rings is 2. The van der Waals surface area contributed by atoms with E-state index >= 15 is 0 Å². The second-order valence-electron chi connectivity index (χ2n) is 4.97. The van der Waals surface area contributed by atoms with Gasteiger partial charge in [-0.05, 0) is 25.1 Å². The number of imidazole rings is 1. The summed E-state index contributed by atoms with van der Waals surface area (Å²) in [6.07, 6.45) is 3.45. The van der Waals surface area contributed by atoms with Gasteiger partial charge in [-0.3, -0.25) is 14.5 Å². The molecule has 0 unspecified atom stereocenters. The number of nitrogens with two attached hydrogens (primary N) is 1. The van der Waals surface area contributed by atoms with E-state index in [0.29, 0.717) is 5.95 Å². The van der Waals surface area contributed by atoms with Gasteiger partial charge < -0.3 is 5.73 Å². The molecule has 5 nitrogen and oxygen atoms in total. The fourth-order valence-electron chi connectivity index (χ4n) is 2.61. The van der Waals surface area contributed by atoms with Crippen molar-refractivity contribution in [2.45, 2.75) is 6.92 Å². The first-order valence-electron chi connectivity index (χ1n) is 6.69. The van der Waals surface area contributed by atoms with E-state index in [-0.39, 0.29) is 0 Å². The van der Waals surface area contributed by atoms with Gasteiger partial charge in [-0.25, -0.2) is 4.98 Å². The van der Waals surface area contributed by atoms with Gasteiger partial charge in [0, 0.05) is 17.3 Å². The molecule has 21 heavy (non-hydrogen) atoms. The molecule has 3 aromatic heterocycles. The number of rotatable bonds is 1. The molecule has 0 aliphatic rings. The zero-order valence-corrected chi connectivity index (χ0v) is 11.5. The zero-order valence-electron chi connectivity index (χ0n) is 11.5. The molecule has 0 aliphatic heterocycles. The highest BCUT2D eigenvalue weighted by molar-refractivity contribution is 5.90. The smallest absolute Gasteiger partial charge is 0.206 e. The molecule has 0 bridgehead atoms. The molecule has 0 spiro atoms. The molecule has 4 aromatic rings. The second kappa shape index (κ2) is 4.28. The molecule has 2 N–H and O–H groups in total. The molecule has 0 aliphatic carbocycles. The Labute approximate surface area is 121 Å². The van der Waals surface area contributed by atoms with Crippen molar-refractivity contribution in [1.82, 2.24) is 19.5 Å². The third-order valence-electron chi connectivity index (χ3n) is 3.56. The Morgan fingerprint density at radius 1 is 1.05 bits per heavy atom. The van der Waals surface area contributed by atoms with Crippen LogP contribution in [0.1, 0.15) is 5.69 Å². The molecule has 3 heterocycles. The molecule has 1 aromatic carbocycles. The Balaban J connectivity index is 2.14. The average molecular weight is 275 g/mol. The Bertz CT molecular complexity index is 971. The zero-order chi connectivity index (χ0) is 14.4. The number of anilines is 1. The van der Waals surface area contributed by atoms with Crippen LogP contribution in [0, 0.1) is 6.92 Å². The van der Waals surface area contributed by atoms with Gasteiger partial charge in [-0.2, -0.15) is 0 Å². The summed E-state index contributed by atoms with van der Waals surface area (Å²) in [7, 11) is 0. The number of fused-ring (bicyclic) bond motifs is 2. The maximum absolute atomic E-state index is 6.11. The van der Waals surface area contributed by atoms with Gasteiger partial charge in [-0.1, -0.05) is 18.2 Å². The minimum Gasteiger partial charge on any atom is -0.369 e. The van der Waals surface area contributed by atoms with Crippen LogP contribution in [-0.2, 0) is 0 Å². The van der Waals surface area contributed by atoms with E-state index in [1.165, 1.54) is 0 Å². The van der Waals surface area contributed by atoms with E-state index in [1.807, 2.05) is 41.8 Å². The van der Waals surface area contributed by atoms with Crippen molar-refractivity contribution in [3.05, 3.63) is 54.5 Å². The van der Waals surface area contributed by atoms with Crippen molar-refractivity contribution in [1.29, 1.82) is 0 Å². The lowest BCUT2D eigenvalue weighted by atomic mass is 10.1. The lowest BCUT2D eigenvalue weighted by molar-refractivity contribution is 1.11. The Morgan fingerprint density at radius 2 is 1.95 bits per heavy atom. The number of benzene rings is 1. The van der Waals surface area contributed by atoms with Crippen molar-refractivity contribution in [2.75, 3.05) is 5.73 Å². The maximum atomic E-state index is 6.11. The minimum absolute atomic E-state index is 0.439. The number of aromatic nitrogens is 4. The molecule has 5 heteroatoms. The summed E-state index contributed by atoms with van der Waals surface area (Å²) in [6, 6.07) is 12.0. The third kappa shape index (κ3) is 1.74. The summed E-state index contributed by atoms with van der Waals surface area (Å²) >= 11 is 0. The van der Waals surface area contributed by atoms with Crippen LogP contribution in [-0.4, -0.2) is 19.5 Å². The molecule has 102 valence electrons. The summed E-state index contributed by atoms with van der Waals surface area (Å²) in [5.41, 5.74) is 10.6. The van der Waals surface area contributed by atoms with Crippen molar-refractivity contribution in [3.63, 3.8) is 0 Å². The first kappa shape index (κ1) is 11.8. The van der Waals surface area contributed by atoms with Gasteiger partial charge in [0.25, 0.3) is 0 Å². The van der Waals surface area contributed by atoms with E-state index in [0.717, 1.165) is 33.3 Å². The predicted octanol–water partition coefficient (Wildman–Crippen LogP) is 2.86. The Hall–Kier alpha value is -2.95. The fraction of sp³-hybridized carbons (Fsp3) is 0.0625. The van der Waals surface area contributed by atoms with Crippen molar-refractivity contribution < 1.29 is 0 Å². The third-order valence-corrected chi connectivity index (χ3v) is 3.56. The van der Waals surface area contributed by atoms with E-state index in [1.54, 1.807) is 12.4 Å². The average Bonchev–Trinajstić information content (AvgIpc) is 2.82.